The van der Waals surface area contributed by atoms with E-state index in [1.807, 2.05) is 36.4 Å². The Morgan fingerprint density at radius 3 is 2.28 bits per heavy atom. The van der Waals surface area contributed by atoms with Crippen molar-refractivity contribution in [2.45, 2.75) is 0 Å². The van der Waals surface area contributed by atoms with Crippen molar-refractivity contribution in [3.05, 3.63) is 95.0 Å². The number of nitrogens with zero attached hydrogens (tertiary/aromatic N) is 1. The number of carboxylic acids is 1. The first-order valence-corrected chi connectivity index (χ1v) is 10.5. The van der Waals surface area contributed by atoms with E-state index in [2.05, 4.69) is 5.16 Å². The van der Waals surface area contributed by atoms with E-state index in [-0.39, 0.29) is 17.2 Å². The molecule has 2 N–H and O–H groups in total. The molecule has 156 valence electrons. The van der Waals surface area contributed by atoms with Crippen molar-refractivity contribution in [1.82, 2.24) is 5.16 Å². The van der Waals surface area contributed by atoms with Crippen LogP contribution in [0.15, 0.2) is 83.4 Å². The summed E-state index contributed by atoms with van der Waals surface area (Å²) in [7, 11) is 0. The monoisotopic (exact) mass is 441 g/mol. The van der Waals surface area contributed by atoms with Crippen molar-refractivity contribution in [1.29, 1.82) is 0 Å². The van der Waals surface area contributed by atoms with Crippen LogP contribution in [0.2, 0.25) is 0 Å². The van der Waals surface area contributed by atoms with Crippen molar-refractivity contribution in [3.8, 4) is 28.2 Å². The highest BCUT2D eigenvalue weighted by atomic mass is 32.1. The van der Waals surface area contributed by atoms with Crippen LogP contribution in [0.5, 0.6) is 5.75 Å². The van der Waals surface area contributed by atoms with Crippen molar-refractivity contribution in [2.75, 3.05) is 0 Å². The second-order valence-corrected chi connectivity index (χ2v) is 8.19. The van der Waals surface area contributed by atoms with Gasteiger partial charge in [-0.2, -0.15) is 0 Å². The van der Waals surface area contributed by atoms with Gasteiger partial charge in [-0.1, -0.05) is 59.8 Å². The van der Waals surface area contributed by atoms with Crippen molar-refractivity contribution in [2.24, 2.45) is 0 Å². The fourth-order valence-electron chi connectivity index (χ4n) is 3.57. The maximum Gasteiger partial charge on any atom is 0.358 e. The number of benzene rings is 3. The summed E-state index contributed by atoms with van der Waals surface area (Å²) in [5.41, 5.74) is 2.70. The van der Waals surface area contributed by atoms with Crippen molar-refractivity contribution < 1.29 is 24.3 Å². The normalized spacial score (nSPS) is 11.0. The first kappa shape index (κ1) is 19.7. The Hall–Kier alpha value is -4.23. The maximum absolute atomic E-state index is 13.3. The molecule has 0 atom stereocenters. The van der Waals surface area contributed by atoms with E-state index >= 15 is 0 Å². The van der Waals surface area contributed by atoms with Gasteiger partial charge in [-0.3, -0.25) is 4.79 Å². The smallest absolute Gasteiger partial charge is 0.358 e. The average molecular weight is 441 g/mol. The fraction of sp³-hybridized carbons (Fsp3) is 0. The average Bonchev–Trinajstić information content (AvgIpc) is 3.44. The zero-order chi connectivity index (χ0) is 22.2. The molecule has 0 spiro atoms. The number of aromatic nitrogens is 1. The number of ketones is 1. The van der Waals surface area contributed by atoms with E-state index in [0.29, 0.717) is 21.8 Å². The largest absolute Gasteiger partial charge is 0.508 e. The Labute approximate surface area is 186 Å². The second-order valence-electron chi connectivity index (χ2n) is 7.14. The standard InChI is InChI=1S/C25H15NO5S/c27-17-10-11-18-21(12-17)32-24(23(28)16-4-2-1-3-5-16)22(18)15-8-6-14(7-9-15)20-13-19(25(29)30)26-31-20/h1-13,27H,(H,29,30). The van der Waals surface area contributed by atoms with E-state index in [1.165, 1.54) is 17.4 Å². The molecule has 0 saturated heterocycles. The van der Waals surface area contributed by atoms with Gasteiger partial charge in [0.05, 0.1) is 4.88 Å². The lowest BCUT2D eigenvalue weighted by molar-refractivity contribution is 0.0685. The molecule has 6 nitrogen and oxygen atoms in total. The van der Waals surface area contributed by atoms with Gasteiger partial charge in [0.2, 0.25) is 5.78 Å². The lowest BCUT2D eigenvalue weighted by atomic mass is 9.97. The van der Waals surface area contributed by atoms with Crippen LogP contribution < -0.4 is 0 Å². The maximum atomic E-state index is 13.3. The summed E-state index contributed by atoms with van der Waals surface area (Å²) in [5.74, 6) is -0.770. The van der Waals surface area contributed by atoms with Crippen LogP contribution >= 0.6 is 11.3 Å². The molecule has 0 radical (unpaired) electrons. The summed E-state index contributed by atoms with van der Waals surface area (Å²) in [5, 5.41) is 23.4. The van der Waals surface area contributed by atoms with Crippen LogP contribution in [0.3, 0.4) is 0 Å². The van der Waals surface area contributed by atoms with Crippen LogP contribution in [0, 0.1) is 0 Å². The van der Waals surface area contributed by atoms with Gasteiger partial charge in [0.25, 0.3) is 0 Å². The first-order chi connectivity index (χ1) is 15.5. The SMILES string of the molecule is O=C(O)c1cc(-c2ccc(-c3c(C(=O)c4ccccc4)sc4cc(O)ccc34)cc2)on1. The van der Waals surface area contributed by atoms with Gasteiger partial charge < -0.3 is 14.7 Å². The van der Waals surface area contributed by atoms with Crippen LogP contribution in [-0.4, -0.2) is 27.1 Å². The quantitative estimate of drug-likeness (QED) is 0.331. The third-order valence-corrected chi connectivity index (χ3v) is 6.25. The van der Waals surface area contributed by atoms with Gasteiger partial charge in [-0.15, -0.1) is 11.3 Å². The van der Waals surface area contributed by atoms with Gasteiger partial charge in [-0.25, -0.2) is 4.79 Å². The number of hydrogen-bond donors (Lipinski definition) is 2. The summed E-state index contributed by atoms with van der Waals surface area (Å²) in [6.45, 7) is 0. The minimum Gasteiger partial charge on any atom is -0.508 e. The van der Waals surface area contributed by atoms with E-state index in [9.17, 15) is 14.7 Å². The molecular formula is C25H15NO5S. The molecule has 0 bridgehead atoms. The number of aromatic hydroxyl groups is 1. The van der Waals surface area contributed by atoms with Crippen molar-refractivity contribution in [3.63, 3.8) is 0 Å². The number of fused-ring (bicyclic) bond motifs is 1. The van der Waals surface area contributed by atoms with Crippen LogP contribution in [0.1, 0.15) is 25.7 Å². The Kier molecular flexibility index (Phi) is 4.80. The third kappa shape index (κ3) is 3.44. The molecule has 0 amide bonds. The zero-order valence-corrected chi connectivity index (χ0v) is 17.3. The highest BCUT2D eigenvalue weighted by molar-refractivity contribution is 7.21. The number of carbonyl (C=O) groups excluding carboxylic acids is 1. The molecular weight excluding hydrogens is 426 g/mol. The van der Waals surface area contributed by atoms with Crippen LogP contribution in [0.4, 0.5) is 0 Å². The molecule has 3 aromatic carbocycles. The molecule has 0 fully saturated rings. The summed E-state index contributed by atoms with van der Waals surface area (Å²) in [6.07, 6.45) is 0. The summed E-state index contributed by atoms with van der Waals surface area (Å²) in [6, 6.07) is 22.8. The molecule has 2 heterocycles. The van der Waals surface area contributed by atoms with Gasteiger partial charge in [0, 0.05) is 32.8 Å². The fourth-order valence-corrected chi connectivity index (χ4v) is 4.79. The number of thiophene rings is 1. The number of carbonyl (C=O) groups is 2. The number of phenols is 1. The molecule has 0 unspecified atom stereocenters. The molecule has 0 aliphatic heterocycles. The van der Waals surface area contributed by atoms with Crippen LogP contribution in [-0.2, 0) is 0 Å². The minimum atomic E-state index is -1.16. The Morgan fingerprint density at radius 2 is 1.59 bits per heavy atom. The Bertz CT molecular complexity index is 1470. The number of hydrogen-bond acceptors (Lipinski definition) is 6. The highest BCUT2D eigenvalue weighted by Crippen LogP contribution is 2.41. The molecule has 0 aliphatic carbocycles. The summed E-state index contributed by atoms with van der Waals surface area (Å²) >= 11 is 1.34. The molecule has 2 aromatic heterocycles. The Balaban J connectivity index is 1.62. The number of carboxylic acid groups (broad SMARTS) is 1. The van der Waals surface area contributed by atoms with Gasteiger partial charge >= 0.3 is 5.97 Å². The summed E-state index contributed by atoms with van der Waals surface area (Å²) < 4.78 is 5.95. The number of rotatable bonds is 5. The minimum absolute atomic E-state index is 0.0910. The molecule has 0 saturated carbocycles. The molecule has 5 rings (SSSR count). The first-order valence-electron chi connectivity index (χ1n) is 9.67. The van der Waals surface area contributed by atoms with Gasteiger partial charge in [0.15, 0.2) is 11.5 Å². The molecule has 5 aromatic rings. The lowest BCUT2D eigenvalue weighted by Gasteiger charge is -2.06. The predicted molar refractivity (Wildman–Crippen MR) is 121 cm³/mol. The van der Waals surface area contributed by atoms with Crippen LogP contribution in [0.25, 0.3) is 32.5 Å². The van der Waals surface area contributed by atoms with E-state index in [1.54, 1.807) is 36.4 Å². The number of phenolic OH excluding ortho intramolecular Hbond substituents is 1. The second kappa shape index (κ2) is 7.79. The van der Waals surface area contributed by atoms with E-state index in [4.69, 9.17) is 9.63 Å². The Morgan fingerprint density at radius 1 is 0.875 bits per heavy atom. The lowest BCUT2D eigenvalue weighted by Crippen LogP contribution is -2.00. The van der Waals surface area contributed by atoms with Gasteiger partial charge in [-0.05, 0) is 23.8 Å². The van der Waals surface area contributed by atoms with Gasteiger partial charge in [0.1, 0.15) is 5.75 Å². The molecule has 0 aliphatic rings. The molecule has 7 heteroatoms. The topological polar surface area (TPSA) is 101 Å². The molecule has 32 heavy (non-hydrogen) atoms. The van der Waals surface area contributed by atoms with Crippen molar-refractivity contribution >= 4 is 33.2 Å². The highest BCUT2D eigenvalue weighted by Gasteiger charge is 2.21. The van der Waals surface area contributed by atoms with E-state index in [0.717, 1.165) is 21.2 Å². The predicted octanol–water partition coefficient (Wildman–Crippen LogP) is 5.86. The third-order valence-electron chi connectivity index (χ3n) is 5.10. The zero-order valence-electron chi connectivity index (χ0n) is 16.5. The number of aromatic carboxylic acids is 1. The van der Waals surface area contributed by atoms with E-state index < -0.39 is 5.97 Å². The summed E-state index contributed by atoms with van der Waals surface area (Å²) in [4.78, 5) is 25.0.